The molecule has 0 unspecified atom stereocenters. The highest BCUT2D eigenvalue weighted by molar-refractivity contribution is 5.91. The Kier molecular flexibility index (Phi) is 3.83. The van der Waals surface area contributed by atoms with Crippen molar-refractivity contribution in [2.24, 2.45) is 5.92 Å². The lowest BCUT2D eigenvalue weighted by atomic mass is 10.1. The SMILES string of the molecule is Cc1cc(F)ccc1NC(=O)CC(C)C. The van der Waals surface area contributed by atoms with Crippen LogP contribution in [0.4, 0.5) is 10.1 Å². The second-order valence-corrected chi connectivity index (χ2v) is 4.11. The standard InChI is InChI=1S/C12H16FNO/c1-8(2)6-12(15)14-11-5-4-10(13)7-9(11)3/h4-5,7-8H,6H2,1-3H3,(H,14,15). The first-order valence-corrected chi connectivity index (χ1v) is 5.05. The molecule has 82 valence electrons. The molecule has 0 spiro atoms. The van der Waals surface area contributed by atoms with Crippen molar-refractivity contribution in [3.05, 3.63) is 29.6 Å². The number of anilines is 1. The first-order valence-electron chi connectivity index (χ1n) is 5.05. The maximum Gasteiger partial charge on any atom is 0.224 e. The van der Waals surface area contributed by atoms with Crippen LogP contribution in [0.1, 0.15) is 25.8 Å². The van der Waals surface area contributed by atoms with Gasteiger partial charge in [-0.2, -0.15) is 0 Å². The number of halogens is 1. The number of benzene rings is 1. The molecule has 1 aromatic rings. The van der Waals surface area contributed by atoms with E-state index in [0.29, 0.717) is 18.0 Å². The van der Waals surface area contributed by atoms with Gasteiger partial charge in [-0.15, -0.1) is 0 Å². The summed E-state index contributed by atoms with van der Waals surface area (Å²) in [5.41, 5.74) is 1.43. The summed E-state index contributed by atoms with van der Waals surface area (Å²) in [5, 5.41) is 2.76. The van der Waals surface area contributed by atoms with Crippen LogP contribution in [0.2, 0.25) is 0 Å². The zero-order valence-electron chi connectivity index (χ0n) is 9.30. The van der Waals surface area contributed by atoms with Crippen molar-refractivity contribution in [3.8, 4) is 0 Å². The topological polar surface area (TPSA) is 29.1 Å². The molecule has 0 fully saturated rings. The van der Waals surface area contributed by atoms with Crippen LogP contribution in [-0.4, -0.2) is 5.91 Å². The van der Waals surface area contributed by atoms with Gasteiger partial charge in [0.05, 0.1) is 0 Å². The maximum absolute atomic E-state index is 12.8. The van der Waals surface area contributed by atoms with E-state index in [-0.39, 0.29) is 11.7 Å². The van der Waals surface area contributed by atoms with Crippen LogP contribution in [0.15, 0.2) is 18.2 Å². The number of rotatable bonds is 3. The van der Waals surface area contributed by atoms with Gasteiger partial charge in [-0.05, 0) is 36.6 Å². The summed E-state index contributed by atoms with van der Waals surface area (Å²) in [7, 11) is 0. The van der Waals surface area contributed by atoms with Crippen LogP contribution in [0, 0.1) is 18.7 Å². The quantitative estimate of drug-likeness (QED) is 0.814. The molecule has 0 heterocycles. The second kappa shape index (κ2) is 4.91. The number of amides is 1. The van der Waals surface area contributed by atoms with Crippen molar-refractivity contribution in [1.82, 2.24) is 0 Å². The van der Waals surface area contributed by atoms with Gasteiger partial charge in [0.1, 0.15) is 5.82 Å². The molecule has 2 nitrogen and oxygen atoms in total. The number of aryl methyl sites for hydroxylation is 1. The largest absolute Gasteiger partial charge is 0.326 e. The third-order valence-electron chi connectivity index (χ3n) is 2.06. The van der Waals surface area contributed by atoms with Gasteiger partial charge in [0.2, 0.25) is 5.91 Å². The van der Waals surface area contributed by atoms with E-state index >= 15 is 0 Å². The first kappa shape index (κ1) is 11.7. The van der Waals surface area contributed by atoms with E-state index in [2.05, 4.69) is 5.32 Å². The molecular weight excluding hydrogens is 193 g/mol. The number of carbonyl (C=O) groups excluding carboxylic acids is 1. The number of carbonyl (C=O) groups is 1. The Balaban J connectivity index is 2.68. The maximum atomic E-state index is 12.8. The van der Waals surface area contributed by atoms with Crippen molar-refractivity contribution >= 4 is 11.6 Å². The van der Waals surface area contributed by atoms with Crippen molar-refractivity contribution in [2.45, 2.75) is 27.2 Å². The van der Waals surface area contributed by atoms with Gasteiger partial charge in [-0.3, -0.25) is 4.79 Å². The van der Waals surface area contributed by atoms with Gasteiger partial charge >= 0.3 is 0 Å². The van der Waals surface area contributed by atoms with Crippen molar-refractivity contribution in [3.63, 3.8) is 0 Å². The average molecular weight is 209 g/mol. The minimum atomic E-state index is -0.283. The highest BCUT2D eigenvalue weighted by atomic mass is 19.1. The normalized spacial score (nSPS) is 10.5. The van der Waals surface area contributed by atoms with Gasteiger partial charge < -0.3 is 5.32 Å². The van der Waals surface area contributed by atoms with E-state index in [1.165, 1.54) is 12.1 Å². The molecule has 1 rings (SSSR count). The summed E-state index contributed by atoms with van der Waals surface area (Å²) < 4.78 is 12.8. The lowest BCUT2D eigenvalue weighted by Gasteiger charge is -2.09. The predicted octanol–water partition coefficient (Wildman–Crippen LogP) is 3.12. The van der Waals surface area contributed by atoms with E-state index in [1.54, 1.807) is 13.0 Å². The summed E-state index contributed by atoms with van der Waals surface area (Å²) in [4.78, 5) is 11.5. The van der Waals surface area contributed by atoms with Crippen LogP contribution in [-0.2, 0) is 4.79 Å². The molecular formula is C12H16FNO. The predicted molar refractivity (Wildman–Crippen MR) is 59.2 cm³/mol. The summed E-state index contributed by atoms with van der Waals surface area (Å²) >= 11 is 0. The van der Waals surface area contributed by atoms with Gasteiger partial charge in [0.25, 0.3) is 0 Å². The Morgan fingerprint density at radius 2 is 2.13 bits per heavy atom. The van der Waals surface area contributed by atoms with Crippen LogP contribution in [0.3, 0.4) is 0 Å². The number of hydrogen-bond donors (Lipinski definition) is 1. The molecule has 0 radical (unpaired) electrons. The molecule has 1 N–H and O–H groups in total. The lowest BCUT2D eigenvalue weighted by molar-refractivity contribution is -0.116. The van der Waals surface area contributed by atoms with Gasteiger partial charge in [0.15, 0.2) is 0 Å². The third kappa shape index (κ3) is 3.70. The van der Waals surface area contributed by atoms with Gasteiger partial charge in [0, 0.05) is 12.1 Å². The average Bonchev–Trinajstić information content (AvgIpc) is 2.08. The molecule has 0 saturated carbocycles. The number of nitrogens with one attached hydrogen (secondary N) is 1. The van der Waals surface area contributed by atoms with Gasteiger partial charge in [-0.1, -0.05) is 13.8 Å². The molecule has 15 heavy (non-hydrogen) atoms. The summed E-state index contributed by atoms with van der Waals surface area (Å²) in [6.07, 6.45) is 0.483. The lowest BCUT2D eigenvalue weighted by Crippen LogP contribution is -2.14. The second-order valence-electron chi connectivity index (χ2n) is 4.11. The smallest absolute Gasteiger partial charge is 0.224 e. The highest BCUT2D eigenvalue weighted by Crippen LogP contribution is 2.16. The zero-order valence-corrected chi connectivity index (χ0v) is 9.30. The monoisotopic (exact) mass is 209 g/mol. The highest BCUT2D eigenvalue weighted by Gasteiger charge is 2.07. The van der Waals surface area contributed by atoms with E-state index < -0.39 is 0 Å². The molecule has 3 heteroatoms. The molecule has 0 aliphatic heterocycles. The zero-order chi connectivity index (χ0) is 11.4. The van der Waals surface area contributed by atoms with Crippen molar-refractivity contribution in [2.75, 3.05) is 5.32 Å². The molecule has 1 aromatic carbocycles. The Morgan fingerprint density at radius 3 is 2.67 bits per heavy atom. The summed E-state index contributed by atoms with van der Waals surface area (Å²) in [6, 6.07) is 4.34. The Morgan fingerprint density at radius 1 is 1.47 bits per heavy atom. The minimum Gasteiger partial charge on any atom is -0.326 e. The fourth-order valence-electron chi connectivity index (χ4n) is 1.34. The van der Waals surface area contributed by atoms with Crippen molar-refractivity contribution in [1.29, 1.82) is 0 Å². The summed E-state index contributed by atoms with van der Waals surface area (Å²) in [5.74, 6) is 0.0137. The van der Waals surface area contributed by atoms with Crippen LogP contribution in [0.5, 0.6) is 0 Å². The Hall–Kier alpha value is -1.38. The Labute approximate surface area is 89.5 Å². The fourth-order valence-corrected chi connectivity index (χ4v) is 1.34. The molecule has 0 bridgehead atoms. The molecule has 0 saturated heterocycles. The van der Waals surface area contributed by atoms with Gasteiger partial charge in [-0.25, -0.2) is 4.39 Å². The fraction of sp³-hybridized carbons (Fsp3) is 0.417. The van der Waals surface area contributed by atoms with Crippen LogP contribution in [0.25, 0.3) is 0 Å². The molecule has 1 amide bonds. The molecule has 0 aliphatic rings. The molecule has 0 atom stereocenters. The van der Waals surface area contributed by atoms with Crippen molar-refractivity contribution < 1.29 is 9.18 Å². The van der Waals surface area contributed by atoms with Crippen LogP contribution >= 0.6 is 0 Å². The Bertz CT molecular complexity index is 361. The summed E-state index contributed by atoms with van der Waals surface area (Å²) in [6.45, 7) is 5.74. The molecule has 0 aliphatic carbocycles. The van der Waals surface area contributed by atoms with E-state index in [4.69, 9.17) is 0 Å². The first-order chi connectivity index (χ1) is 6.99. The van der Waals surface area contributed by atoms with E-state index in [0.717, 1.165) is 5.56 Å². The molecule has 0 aromatic heterocycles. The van der Waals surface area contributed by atoms with Crippen LogP contribution < -0.4 is 5.32 Å². The minimum absolute atomic E-state index is 0.0280. The third-order valence-corrected chi connectivity index (χ3v) is 2.06. The van der Waals surface area contributed by atoms with E-state index in [9.17, 15) is 9.18 Å². The number of hydrogen-bond acceptors (Lipinski definition) is 1. The van der Waals surface area contributed by atoms with E-state index in [1.807, 2.05) is 13.8 Å².